The van der Waals surface area contributed by atoms with E-state index in [-0.39, 0.29) is 43.2 Å². The smallest absolute Gasteiger partial charge is 0.305 e. The predicted molar refractivity (Wildman–Crippen MR) is 105 cm³/mol. The van der Waals surface area contributed by atoms with Crippen molar-refractivity contribution >= 4 is 17.8 Å². The van der Waals surface area contributed by atoms with Crippen molar-refractivity contribution in [2.75, 3.05) is 32.8 Å². The summed E-state index contributed by atoms with van der Waals surface area (Å²) < 4.78 is 5.53. The molecule has 28 heavy (non-hydrogen) atoms. The molecule has 154 valence electrons. The standard InChI is InChI=1S/C21H30N2O5/c1-16(2)13-23(12-10-20(25)26)21(27)17-7-6-11-22(14-17)19(24)15-28-18-8-4-3-5-9-18/h3-5,8-9,16-17H,6-7,10-15H2,1-2H3,(H,25,26). The van der Waals surface area contributed by atoms with E-state index < -0.39 is 5.97 Å². The molecule has 0 saturated carbocycles. The highest BCUT2D eigenvalue weighted by Gasteiger charge is 2.31. The highest BCUT2D eigenvalue weighted by atomic mass is 16.5. The number of amides is 2. The Morgan fingerprint density at radius 3 is 2.61 bits per heavy atom. The Morgan fingerprint density at radius 1 is 1.25 bits per heavy atom. The van der Waals surface area contributed by atoms with E-state index >= 15 is 0 Å². The van der Waals surface area contributed by atoms with Gasteiger partial charge in [0.15, 0.2) is 6.61 Å². The van der Waals surface area contributed by atoms with Gasteiger partial charge in [0.05, 0.1) is 12.3 Å². The molecule has 1 aliphatic rings. The normalized spacial score (nSPS) is 16.7. The zero-order chi connectivity index (χ0) is 20.5. The number of hydrogen-bond donors (Lipinski definition) is 1. The number of benzene rings is 1. The van der Waals surface area contributed by atoms with E-state index in [1.54, 1.807) is 21.9 Å². The number of likely N-dealkylation sites (tertiary alicyclic amines) is 1. The van der Waals surface area contributed by atoms with Gasteiger partial charge >= 0.3 is 5.97 Å². The number of para-hydroxylation sites is 1. The third-order valence-electron chi connectivity index (χ3n) is 4.72. The van der Waals surface area contributed by atoms with Gasteiger partial charge in [0.1, 0.15) is 5.75 Å². The lowest BCUT2D eigenvalue weighted by Gasteiger charge is -2.35. The Balaban J connectivity index is 1.92. The van der Waals surface area contributed by atoms with Gasteiger partial charge in [-0.05, 0) is 30.9 Å². The number of carboxylic acid groups (broad SMARTS) is 1. The summed E-state index contributed by atoms with van der Waals surface area (Å²) in [7, 11) is 0. The van der Waals surface area contributed by atoms with Crippen LogP contribution in [0.25, 0.3) is 0 Å². The molecule has 1 N–H and O–H groups in total. The van der Waals surface area contributed by atoms with Gasteiger partial charge in [0.2, 0.25) is 5.91 Å². The number of carboxylic acids is 1. The van der Waals surface area contributed by atoms with Gasteiger partial charge in [0, 0.05) is 26.2 Å². The van der Waals surface area contributed by atoms with Gasteiger partial charge in [-0.2, -0.15) is 0 Å². The first-order valence-corrected chi connectivity index (χ1v) is 9.83. The second kappa shape index (κ2) is 10.7. The largest absolute Gasteiger partial charge is 0.484 e. The highest BCUT2D eigenvalue weighted by molar-refractivity contribution is 5.82. The van der Waals surface area contributed by atoms with Crippen LogP contribution in [0.5, 0.6) is 5.75 Å². The highest BCUT2D eigenvalue weighted by Crippen LogP contribution is 2.20. The molecule has 1 atom stereocenters. The molecule has 7 heteroatoms. The van der Waals surface area contributed by atoms with E-state index in [0.717, 1.165) is 6.42 Å². The summed E-state index contributed by atoms with van der Waals surface area (Å²) in [5, 5.41) is 8.95. The third-order valence-corrected chi connectivity index (χ3v) is 4.72. The Hall–Kier alpha value is -2.57. The van der Waals surface area contributed by atoms with Gasteiger partial charge in [-0.3, -0.25) is 14.4 Å². The molecule has 1 aromatic carbocycles. The SMILES string of the molecule is CC(C)CN(CCC(=O)O)C(=O)C1CCCN(C(=O)COc2ccccc2)C1. The van der Waals surface area contributed by atoms with Gasteiger partial charge in [0.25, 0.3) is 5.91 Å². The maximum atomic E-state index is 13.0. The second-order valence-electron chi connectivity index (χ2n) is 7.60. The van der Waals surface area contributed by atoms with Gasteiger partial charge in [-0.25, -0.2) is 0 Å². The molecule has 1 fully saturated rings. The average Bonchev–Trinajstić information content (AvgIpc) is 2.69. The van der Waals surface area contributed by atoms with E-state index in [1.165, 1.54) is 0 Å². The fourth-order valence-corrected chi connectivity index (χ4v) is 3.38. The number of nitrogens with zero attached hydrogens (tertiary/aromatic N) is 2. The van der Waals surface area contributed by atoms with Crippen LogP contribution in [0, 0.1) is 11.8 Å². The van der Waals surface area contributed by atoms with Crippen molar-refractivity contribution < 1.29 is 24.2 Å². The molecule has 0 aliphatic carbocycles. The summed E-state index contributed by atoms with van der Waals surface area (Å²) >= 11 is 0. The molecule has 0 aromatic heterocycles. The molecular weight excluding hydrogens is 360 g/mol. The summed E-state index contributed by atoms with van der Waals surface area (Å²) in [4.78, 5) is 39.7. The predicted octanol–water partition coefficient (Wildman–Crippen LogP) is 2.26. The van der Waals surface area contributed by atoms with Crippen LogP contribution in [0.4, 0.5) is 0 Å². The molecule has 1 saturated heterocycles. The second-order valence-corrected chi connectivity index (χ2v) is 7.60. The van der Waals surface area contributed by atoms with Crippen LogP contribution >= 0.6 is 0 Å². The molecule has 2 rings (SSSR count). The number of piperidine rings is 1. The molecular formula is C21H30N2O5. The lowest BCUT2D eigenvalue weighted by molar-refractivity contribution is -0.143. The van der Waals surface area contributed by atoms with E-state index in [2.05, 4.69) is 0 Å². The number of carbonyl (C=O) groups excluding carboxylic acids is 2. The van der Waals surface area contributed by atoms with Crippen molar-refractivity contribution in [2.24, 2.45) is 11.8 Å². The fourth-order valence-electron chi connectivity index (χ4n) is 3.38. The van der Waals surface area contributed by atoms with Crippen molar-refractivity contribution in [2.45, 2.75) is 33.1 Å². The number of ether oxygens (including phenoxy) is 1. The summed E-state index contributed by atoms with van der Waals surface area (Å²) in [6, 6.07) is 9.15. The van der Waals surface area contributed by atoms with Gasteiger partial charge in [-0.1, -0.05) is 32.0 Å². The molecule has 7 nitrogen and oxygen atoms in total. The molecule has 0 bridgehead atoms. The Kier molecular flexibility index (Phi) is 8.29. The van der Waals surface area contributed by atoms with E-state index in [0.29, 0.717) is 31.8 Å². The molecule has 2 amide bonds. The van der Waals surface area contributed by atoms with Crippen molar-refractivity contribution in [3.05, 3.63) is 30.3 Å². The first-order chi connectivity index (χ1) is 13.4. The van der Waals surface area contributed by atoms with Crippen LogP contribution in [0.15, 0.2) is 30.3 Å². The Morgan fingerprint density at radius 2 is 1.96 bits per heavy atom. The quantitative estimate of drug-likeness (QED) is 0.699. The molecule has 1 aliphatic heterocycles. The molecule has 1 aromatic rings. The maximum absolute atomic E-state index is 13.0. The monoisotopic (exact) mass is 390 g/mol. The lowest BCUT2D eigenvalue weighted by Crippen LogP contribution is -2.48. The van der Waals surface area contributed by atoms with Crippen LogP contribution in [0.3, 0.4) is 0 Å². The van der Waals surface area contributed by atoms with Crippen molar-refractivity contribution in [3.8, 4) is 5.75 Å². The summed E-state index contributed by atoms with van der Waals surface area (Å²) in [6.07, 6.45) is 1.39. The molecule has 0 radical (unpaired) electrons. The number of hydrogen-bond acceptors (Lipinski definition) is 4. The van der Waals surface area contributed by atoms with Crippen molar-refractivity contribution in [1.82, 2.24) is 9.80 Å². The van der Waals surface area contributed by atoms with Crippen molar-refractivity contribution in [3.63, 3.8) is 0 Å². The fraction of sp³-hybridized carbons (Fsp3) is 0.571. The lowest BCUT2D eigenvalue weighted by atomic mass is 9.96. The summed E-state index contributed by atoms with van der Waals surface area (Å²) in [6.45, 7) is 5.64. The summed E-state index contributed by atoms with van der Waals surface area (Å²) in [5.74, 6) is -0.517. The number of rotatable bonds is 9. The zero-order valence-electron chi connectivity index (χ0n) is 16.7. The molecule has 0 spiro atoms. The Labute approximate surface area is 166 Å². The van der Waals surface area contributed by atoms with Crippen LogP contribution < -0.4 is 4.74 Å². The Bertz CT molecular complexity index is 662. The van der Waals surface area contributed by atoms with E-state index in [9.17, 15) is 14.4 Å². The van der Waals surface area contributed by atoms with Gasteiger partial charge in [-0.15, -0.1) is 0 Å². The zero-order valence-corrected chi connectivity index (χ0v) is 16.7. The average molecular weight is 390 g/mol. The molecule has 1 heterocycles. The van der Waals surface area contributed by atoms with Crippen LogP contribution in [-0.2, 0) is 14.4 Å². The van der Waals surface area contributed by atoms with Crippen LogP contribution in [0.2, 0.25) is 0 Å². The minimum atomic E-state index is -0.917. The number of carbonyl (C=O) groups is 3. The van der Waals surface area contributed by atoms with Crippen LogP contribution in [-0.4, -0.2) is 65.5 Å². The topological polar surface area (TPSA) is 87.2 Å². The summed E-state index contributed by atoms with van der Waals surface area (Å²) in [5.41, 5.74) is 0. The van der Waals surface area contributed by atoms with E-state index in [4.69, 9.17) is 9.84 Å². The first-order valence-electron chi connectivity index (χ1n) is 9.83. The maximum Gasteiger partial charge on any atom is 0.305 e. The van der Waals surface area contributed by atoms with Gasteiger partial charge < -0.3 is 19.6 Å². The first kappa shape index (κ1) is 21.7. The van der Waals surface area contributed by atoms with E-state index in [1.807, 2.05) is 32.0 Å². The van der Waals surface area contributed by atoms with Crippen molar-refractivity contribution in [1.29, 1.82) is 0 Å². The molecule has 1 unspecified atom stereocenters. The third kappa shape index (κ3) is 6.87. The van der Waals surface area contributed by atoms with Crippen LogP contribution in [0.1, 0.15) is 33.1 Å². The minimum Gasteiger partial charge on any atom is -0.484 e. The number of aliphatic carboxylic acids is 1. The minimum absolute atomic E-state index is 0.0559.